The molecule has 102 valence electrons. The molecule has 2 aliphatic carbocycles. The quantitative estimate of drug-likeness (QED) is 0.865. The average molecular weight is 279 g/mol. The molecule has 2 saturated carbocycles. The predicted molar refractivity (Wildman–Crippen MR) is 77.4 cm³/mol. The smallest absolute Gasteiger partial charge is 0.319 e. The van der Waals surface area contributed by atoms with E-state index in [1.165, 1.54) is 25.7 Å². The zero-order chi connectivity index (χ0) is 13.2. The van der Waals surface area contributed by atoms with Crippen molar-refractivity contribution >= 4 is 23.3 Å². The lowest BCUT2D eigenvalue weighted by Crippen LogP contribution is -2.34. The molecule has 0 unspecified atom stereocenters. The molecule has 2 bridgehead atoms. The molecule has 2 amide bonds. The molecule has 0 saturated heterocycles. The van der Waals surface area contributed by atoms with E-state index in [4.69, 9.17) is 11.6 Å². The lowest BCUT2D eigenvalue weighted by molar-refractivity contribution is 0.245. The van der Waals surface area contributed by atoms with Gasteiger partial charge in [0, 0.05) is 17.3 Å². The van der Waals surface area contributed by atoms with Gasteiger partial charge in [0.15, 0.2) is 0 Å². The molecule has 2 fully saturated rings. The van der Waals surface area contributed by atoms with Crippen LogP contribution in [0.2, 0.25) is 5.02 Å². The molecule has 0 heterocycles. The van der Waals surface area contributed by atoms with Crippen molar-refractivity contribution in [3.8, 4) is 0 Å². The van der Waals surface area contributed by atoms with Crippen molar-refractivity contribution < 1.29 is 4.79 Å². The molecule has 3 atom stereocenters. The summed E-state index contributed by atoms with van der Waals surface area (Å²) in [6.45, 7) is 0.799. The van der Waals surface area contributed by atoms with E-state index in [1.54, 1.807) is 12.1 Å². The van der Waals surface area contributed by atoms with Crippen molar-refractivity contribution in [1.29, 1.82) is 0 Å². The maximum Gasteiger partial charge on any atom is 0.319 e. The van der Waals surface area contributed by atoms with Crippen molar-refractivity contribution in [2.45, 2.75) is 25.7 Å². The summed E-state index contributed by atoms with van der Waals surface area (Å²) in [7, 11) is 0. The normalized spacial score (nSPS) is 28.4. The largest absolute Gasteiger partial charge is 0.338 e. The van der Waals surface area contributed by atoms with Crippen LogP contribution in [-0.4, -0.2) is 12.6 Å². The zero-order valence-electron chi connectivity index (χ0n) is 10.9. The molecule has 1 aromatic carbocycles. The fourth-order valence-corrected chi connectivity index (χ4v) is 3.78. The van der Waals surface area contributed by atoms with Crippen molar-refractivity contribution in [1.82, 2.24) is 5.32 Å². The molecule has 1 aromatic rings. The van der Waals surface area contributed by atoms with Crippen molar-refractivity contribution in [3.05, 3.63) is 29.3 Å². The number of nitrogens with one attached hydrogen (secondary N) is 2. The lowest BCUT2D eigenvalue weighted by Gasteiger charge is -2.21. The standard InChI is InChI=1S/C15H19ClN2O/c16-13-2-1-3-14(8-13)18-15(19)17-9-12-7-10-4-5-11(12)6-10/h1-3,8,10-12H,4-7,9H2,(H2,17,18,19)/t10-,11-,12+/m0/s1. The highest BCUT2D eigenvalue weighted by Gasteiger charge is 2.39. The minimum atomic E-state index is -0.134. The maximum absolute atomic E-state index is 11.8. The van der Waals surface area contributed by atoms with E-state index in [0.29, 0.717) is 10.9 Å². The Morgan fingerprint density at radius 3 is 2.89 bits per heavy atom. The first-order valence-electron chi connectivity index (χ1n) is 7.01. The van der Waals surface area contributed by atoms with Crippen LogP contribution in [0, 0.1) is 17.8 Å². The summed E-state index contributed by atoms with van der Waals surface area (Å²) in [4.78, 5) is 11.8. The summed E-state index contributed by atoms with van der Waals surface area (Å²) in [5, 5.41) is 6.43. The Morgan fingerprint density at radius 2 is 2.21 bits per heavy atom. The van der Waals surface area contributed by atoms with Crippen LogP contribution in [0.1, 0.15) is 25.7 Å². The Labute approximate surface area is 118 Å². The fraction of sp³-hybridized carbons (Fsp3) is 0.533. The van der Waals surface area contributed by atoms with Crippen LogP contribution in [0.25, 0.3) is 0 Å². The maximum atomic E-state index is 11.8. The van der Waals surface area contributed by atoms with E-state index < -0.39 is 0 Å². The van der Waals surface area contributed by atoms with Crippen LogP contribution in [0.15, 0.2) is 24.3 Å². The molecule has 2 aliphatic rings. The fourth-order valence-electron chi connectivity index (χ4n) is 3.59. The summed E-state index contributed by atoms with van der Waals surface area (Å²) >= 11 is 5.88. The minimum absolute atomic E-state index is 0.134. The first-order valence-corrected chi connectivity index (χ1v) is 7.39. The summed E-state index contributed by atoms with van der Waals surface area (Å²) in [6, 6.07) is 7.07. The summed E-state index contributed by atoms with van der Waals surface area (Å²) < 4.78 is 0. The topological polar surface area (TPSA) is 41.1 Å². The van der Waals surface area contributed by atoms with Gasteiger partial charge in [-0.1, -0.05) is 24.1 Å². The van der Waals surface area contributed by atoms with Crippen molar-refractivity contribution in [2.24, 2.45) is 17.8 Å². The number of carbonyl (C=O) groups excluding carboxylic acids is 1. The Bertz CT molecular complexity index is 477. The minimum Gasteiger partial charge on any atom is -0.338 e. The summed E-state index contributed by atoms with van der Waals surface area (Å²) in [6.07, 6.45) is 5.42. The van der Waals surface area contributed by atoms with E-state index >= 15 is 0 Å². The molecule has 4 heteroatoms. The molecular formula is C15H19ClN2O. The number of amides is 2. The number of hydrogen-bond donors (Lipinski definition) is 2. The van der Waals surface area contributed by atoms with Gasteiger partial charge >= 0.3 is 6.03 Å². The number of rotatable bonds is 3. The molecule has 0 aliphatic heterocycles. The number of benzene rings is 1. The Kier molecular flexibility index (Phi) is 3.65. The van der Waals surface area contributed by atoms with E-state index in [9.17, 15) is 4.79 Å². The number of urea groups is 1. The van der Waals surface area contributed by atoms with Crippen LogP contribution in [-0.2, 0) is 0 Å². The van der Waals surface area contributed by atoms with Crippen molar-refractivity contribution in [2.75, 3.05) is 11.9 Å². The Hall–Kier alpha value is -1.22. The molecule has 3 rings (SSSR count). The molecule has 2 N–H and O–H groups in total. The van der Waals surface area contributed by atoms with Gasteiger partial charge in [-0.15, -0.1) is 0 Å². The van der Waals surface area contributed by atoms with Crippen LogP contribution < -0.4 is 10.6 Å². The predicted octanol–water partition coefficient (Wildman–Crippen LogP) is 3.90. The van der Waals surface area contributed by atoms with Gasteiger partial charge in [-0.2, -0.15) is 0 Å². The first kappa shape index (κ1) is 12.8. The highest BCUT2D eigenvalue weighted by Crippen LogP contribution is 2.47. The number of anilines is 1. The average Bonchev–Trinajstić information content (AvgIpc) is 2.98. The van der Waals surface area contributed by atoms with Gasteiger partial charge < -0.3 is 10.6 Å². The molecule has 3 nitrogen and oxygen atoms in total. The number of fused-ring (bicyclic) bond motifs is 2. The second kappa shape index (κ2) is 5.41. The number of hydrogen-bond acceptors (Lipinski definition) is 1. The number of carbonyl (C=O) groups is 1. The molecule has 19 heavy (non-hydrogen) atoms. The lowest BCUT2D eigenvalue weighted by atomic mass is 9.89. The second-order valence-electron chi connectivity index (χ2n) is 5.78. The third-order valence-electron chi connectivity index (χ3n) is 4.49. The molecular weight excluding hydrogens is 260 g/mol. The van der Waals surface area contributed by atoms with Crippen LogP contribution in [0.5, 0.6) is 0 Å². The summed E-state index contributed by atoms with van der Waals surface area (Å²) in [5.41, 5.74) is 0.734. The van der Waals surface area contributed by atoms with Crippen LogP contribution >= 0.6 is 11.6 Å². The highest BCUT2D eigenvalue weighted by atomic mass is 35.5. The molecule has 0 aromatic heterocycles. The Morgan fingerprint density at radius 1 is 1.32 bits per heavy atom. The van der Waals surface area contributed by atoms with E-state index in [0.717, 1.165) is 24.1 Å². The third kappa shape index (κ3) is 3.03. The van der Waals surface area contributed by atoms with E-state index in [1.807, 2.05) is 12.1 Å². The molecule has 0 radical (unpaired) electrons. The second-order valence-corrected chi connectivity index (χ2v) is 6.22. The Balaban J connectivity index is 1.47. The SMILES string of the molecule is O=C(NC[C@H]1C[C@H]2CC[C@H]1C2)Nc1cccc(Cl)c1. The van der Waals surface area contributed by atoms with Crippen LogP contribution in [0.4, 0.5) is 10.5 Å². The van der Waals surface area contributed by atoms with E-state index in [2.05, 4.69) is 10.6 Å². The van der Waals surface area contributed by atoms with Crippen LogP contribution in [0.3, 0.4) is 0 Å². The van der Waals surface area contributed by atoms with Gasteiger partial charge in [0.2, 0.25) is 0 Å². The third-order valence-corrected chi connectivity index (χ3v) is 4.73. The first-order chi connectivity index (χ1) is 9.20. The van der Waals surface area contributed by atoms with Gasteiger partial charge in [0.1, 0.15) is 0 Å². The van der Waals surface area contributed by atoms with Gasteiger partial charge in [-0.25, -0.2) is 4.79 Å². The van der Waals surface area contributed by atoms with Gasteiger partial charge in [-0.3, -0.25) is 0 Å². The van der Waals surface area contributed by atoms with Gasteiger partial charge in [-0.05, 0) is 55.2 Å². The van der Waals surface area contributed by atoms with Crippen molar-refractivity contribution in [3.63, 3.8) is 0 Å². The monoisotopic (exact) mass is 278 g/mol. The number of halogens is 1. The molecule has 0 spiro atoms. The summed E-state index contributed by atoms with van der Waals surface area (Å²) in [5.74, 6) is 2.45. The van der Waals surface area contributed by atoms with Gasteiger partial charge in [0.25, 0.3) is 0 Å². The highest BCUT2D eigenvalue weighted by molar-refractivity contribution is 6.30. The van der Waals surface area contributed by atoms with Gasteiger partial charge in [0.05, 0.1) is 0 Å². The zero-order valence-corrected chi connectivity index (χ0v) is 11.6. The van der Waals surface area contributed by atoms with E-state index in [-0.39, 0.29) is 6.03 Å².